The lowest BCUT2D eigenvalue weighted by Gasteiger charge is -2.36. The molecular formula is C19H16N2O4. The molecule has 0 spiro atoms. The van der Waals surface area contributed by atoms with Gasteiger partial charge in [0.05, 0.1) is 31.4 Å². The van der Waals surface area contributed by atoms with Gasteiger partial charge < -0.3 is 14.2 Å². The predicted octanol–water partition coefficient (Wildman–Crippen LogP) is 2.55. The Kier molecular flexibility index (Phi) is 3.00. The van der Waals surface area contributed by atoms with E-state index >= 15 is 0 Å². The van der Waals surface area contributed by atoms with Crippen LogP contribution >= 0.6 is 0 Å². The van der Waals surface area contributed by atoms with Gasteiger partial charge in [0.25, 0.3) is 6.02 Å². The van der Waals surface area contributed by atoms with Crippen molar-refractivity contribution in [1.29, 1.82) is 0 Å². The lowest BCUT2D eigenvalue weighted by atomic mass is 9.86. The minimum atomic E-state index is -0.521. The van der Waals surface area contributed by atoms with Crippen LogP contribution in [0.25, 0.3) is 0 Å². The van der Waals surface area contributed by atoms with Gasteiger partial charge in [-0.25, -0.2) is 9.79 Å². The largest absolute Gasteiger partial charge is 0.497 e. The van der Waals surface area contributed by atoms with E-state index < -0.39 is 6.04 Å². The summed E-state index contributed by atoms with van der Waals surface area (Å²) in [7, 11) is 1.64. The number of esters is 1. The molecule has 0 aromatic heterocycles. The third-order valence-electron chi connectivity index (χ3n) is 4.99. The number of aliphatic imine (C=N–C) groups is 1. The SMILES string of the molecule is COc1ccc([C@@H]2[C@H]3COC(=O)[C@H]3N=C3Oc4ccccc4N32)cc1. The predicted molar refractivity (Wildman–Crippen MR) is 91.0 cm³/mol. The second-order valence-electron chi connectivity index (χ2n) is 6.31. The Hall–Kier alpha value is -3.02. The van der Waals surface area contributed by atoms with Crippen LogP contribution in [0.15, 0.2) is 53.5 Å². The molecular weight excluding hydrogens is 320 g/mol. The van der Waals surface area contributed by atoms with Gasteiger partial charge in [-0.15, -0.1) is 0 Å². The van der Waals surface area contributed by atoms with E-state index in [4.69, 9.17) is 14.2 Å². The zero-order chi connectivity index (χ0) is 17.0. The number of hydrogen-bond donors (Lipinski definition) is 0. The van der Waals surface area contributed by atoms with Gasteiger partial charge >= 0.3 is 5.97 Å². The summed E-state index contributed by atoms with van der Waals surface area (Å²) in [4.78, 5) is 18.7. The highest BCUT2D eigenvalue weighted by Gasteiger charge is 2.52. The van der Waals surface area contributed by atoms with Crippen molar-refractivity contribution in [3.05, 3.63) is 54.1 Å². The molecule has 0 saturated carbocycles. The third-order valence-corrected chi connectivity index (χ3v) is 4.99. The molecule has 3 aliphatic heterocycles. The fourth-order valence-corrected chi connectivity index (χ4v) is 3.80. The highest BCUT2D eigenvalue weighted by molar-refractivity contribution is 6.03. The number of fused-ring (bicyclic) bond motifs is 4. The first-order chi connectivity index (χ1) is 12.3. The van der Waals surface area contributed by atoms with Crippen molar-refractivity contribution in [2.24, 2.45) is 10.9 Å². The van der Waals surface area contributed by atoms with Crippen LogP contribution in [-0.4, -0.2) is 31.7 Å². The van der Waals surface area contributed by atoms with E-state index in [9.17, 15) is 4.79 Å². The molecule has 0 bridgehead atoms. The molecule has 0 N–H and O–H groups in total. The minimum absolute atomic E-state index is 0.0561. The van der Waals surface area contributed by atoms with Crippen molar-refractivity contribution < 1.29 is 19.0 Å². The summed E-state index contributed by atoms with van der Waals surface area (Å²) in [5.41, 5.74) is 2.03. The molecule has 6 nitrogen and oxygen atoms in total. The molecule has 5 rings (SSSR count). The first-order valence-electron chi connectivity index (χ1n) is 8.21. The molecule has 3 heterocycles. The highest BCUT2D eigenvalue weighted by Crippen LogP contribution is 2.48. The molecule has 1 saturated heterocycles. The maximum Gasteiger partial charge on any atom is 0.331 e. The van der Waals surface area contributed by atoms with Crippen LogP contribution in [0.1, 0.15) is 11.6 Å². The molecule has 2 aromatic carbocycles. The van der Waals surface area contributed by atoms with Gasteiger partial charge in [0.15, 0.2) is 11.8 Å². The second kappa shape index (κ2) is 5.24. The number of rotatable bonds is 2. The van der Waals surface area contributed by atoms with E-state index in [0.717, 1.165) is 22.7 Å². The average molecular weight is 336 g/mol. The molecule has 3 atom stereocenters. The lowest BCUT2D eigenvalue weighted by Crippen LogP contribution is -2.46. The number of hydrogen-bond acceptors (Lipinski definition) is 6. The van der Waals surface area contributed by atoms with Crippen molar-refractivity contribution in [2.45, 2.75) is 12.1 Å². The summed E-state index contributed by atoms with van der Waals surface area (Å²) in [6, 6.07) is 15.6. The number of ether oxygens (including phenoxy) is 3. The van der Waals surface area contributed by atoms with Crippen molar-refractivity contribution in [2.75, 3.05) is 18.6 Å². The Morgan fingerprint density at radius 3 is 2.76 bits per heavy atom. The van der Waals surface area contributed by atoms with Crippen LogP contribution < -0.4 is 14.4 Å². The van der Waals surface area contributed by atoms with Gasteiger partial charge in [0.1, 0.15) is 5.75 Å². The highest BCUT2D eigenvalue weighted by atomic mass is 16.5. The maximum atomic E-state index is 12.1. The number of cyclic esters (lactones) is 1. The summed E-state index contributed by atoms with van der Waals surface area (Å²) in [6.07, 6.45) is 0. The van der Waals surface area contributed by atoms with Gasteiger partial charge in [-0.3, -0.25) is 4.90 Å². The smallest absolute Gasteiger partial charge is 0.331 e. The van der Waals surface area contributed by atoms with Crippen LogP contribution in [0.4, 0.5) is 5.69 Å². The van der Waals surface area contributed by atoms with Crippen molar-refractivity contribution in [3.63, 3.8) is 0 Å². The molecule has 6 heteroatoms. The Labute approximate surface area is 144 Å². The number of amidine groups is 1. The zero-order valence-electron chi connectivity index (χ0n) is 13.6. The molecule has 126 valence electrons. The van der Waals surface area contributed by atoms with E-state index in [2.05, 4.69) is 9.89 Å². The average Bonchev–Trinajstić information content (AvgIpc) is 3.21. The summed E-state index contributed by atoms with van der Waals surface area (Å²) in [6.45, 7) is 0.357. The number of methoxy groups -OCH3 is 1. The van der Waals surface area contributed by atoms with E-state index in [1.54, 1.807) is 7.11 Å². The van der Waals surface area contributed by atoms with Gasteiger partial charge in [-0.1, -0.05) is 24.3 Å². The second-order valence-corrected chi connectivity index (χ2v) is 6.31. The van der Waals surface area contributed by atoms with Gasteiger partial charge in [0.2, 0.25) is 0 Å². The summed E-state index contributed by atoms with van der Waals surface area (Å²) in [5.74, 6) is 1.21. The van der Waals surface area contributed by atoms with Gasteiger partial charge in [0, 0.05) is 0 Å². The van der Waals surface area contributed by atoms with Gasteiger partial charge in [-0.2, -0.15) is 0 Å². The number of carbonyl (C=O) groups is 1. The molecule has 0 unspecified atom stereocenters. The van der Waals surface area contributed by atoms with Crippen molar-refractivity contribution in [3.8, 4) is 11.5 Å². The fourth-order valence-electron chi connectivity index (χ4n) is 3.80. The van der Waals surface area contributed by atoms with Gasteiger partial charge in [-0.05, 0) is 29.8 Å². The normalized spacial score (nSPS) is 26.1. The Morgan fingerprint density at radius 2 is 1.96 bits per heavy atom. The van der Waals surface area contributed by atoms with Crippen molar-refractivity contribution >= 4 is 17.7 Å². The van der Waals surface area contributed by atoms with E-state index in [0.29, 0.717) is 12.6 Å². The number of para-hydroxylation sites is 2. The Bertz CT molecular complexity index is 877. The molecule has 0 radical (unpaired) electrons. The number of carbonyl (C=O) groups excluding carboxylic acids is 1. The quantitative estimate of drug-likeness (QED) is 0.789. The van der Waals surface area contributed by atoms with E-state index in [1.807, 2.05) is 48.5 Å². The van der Waals surface area contributed by atoms with Crippen LogP contribution in [0.5, 0.6) is 11.5 Å². The molecule has 25 heavy (non-hydrogen) atoms. The van der Waals surface area contributed by atoms with Crippen LogP contribution in [0.2, 0.25) is 0 Å². The van der Waals surface area contributed by atoms with E-state index in [1.165, 1.54) is 0 Å². The van der Waals surface area contributed by atoms with Crippen LogP contribution in [-0.2, 0) is 9.53 Å². The number of benzene rings is 2. The van der Waals surface area contributed by atoms with E-state index in [-0.39, 0.29) is 17.9 Å². The molecule has 2 aromatic rings. The van der Waals surface area contributed by atoms with Crippen molar-refractivity contribution in [1.82, 2.24) is 0 Å². The summed E-state index contributed by atoms with van der Waals surface area (Å²) in [5, 5.41) is 0. The molecule has 3 aliphatic rings. The topological polar surface area (TPSA) is 60.4 Å². The summed E-state index contributed by atoms with van der Waals surface area (Å²) < 4.78 is 16.5. The third kappa shape index (κ3) is 2.03. The molecule has 0 aliphatic carbocycles. The molecule has 1 fully saturated rings. The lowest BCUT2D eigenvalue weighted by molar-refractivity contribution is -0.138. The maximum absolute atomic E-state index is 12.1. The number of nitrogens with zero attached hydrogens (tertiary/aromatic N) is 2. The Morgan fingerprint density at radius 1 is 1.16 bits per heavy atom. The zero-order valence-corrected chi connectivity index (χ0v) is 13.6. The first kappa shape index (κ1) is 14.3. The first-order valence-corrected chi connectivity index (χ1v) is 8.21. The molecule has 0 amide bonds. The van der Waals surface area contributed by atoms with Crippen LogP contribution in [0, 0.1) is 5.92 Å². The Balaban J connectivity index is 1.65. The minimum Gasteiger partial charge on any atom is -0.497 e. The standard InChI is InChI=1S/C19H16N2O4/c1-23-12-8-6-11(7-9-12)17-13-10-24-18(22)16(13)20-19-21(17)14-4-2-3-5-15(14)25-19/h2-9,13,16-17H,10H2,1H3/t13-,16-,17+/m0/s1. The number of anilines is 1. The fraction of sp³-hybridized carbons (Fsp3) is 0.263. The van der Waals surface area contributed by atoms with Crippen LogP contribution in [0.3, 0.4) is 0 Å². The monoisotopic (exact) mass is 336 g/mol. The summed E-state index contributed by atoms with van der Waals surface area (Å²) >= 11 is 0.